The van der Waals surface area contributed by atoms with Gasteiger partial charge < -0.3 is 10.1 Å². The molecule has 2 unspecified atom stereocenters. The molecule has 1 heterocycles. The Hall–Kier alpha value is -1.06. The Balaban J connectivity index is 2.29. The fourth-order valence-corrected chi connectivity index (χ4v) is 2.28. The fraction of sp³-hybridized carbons (Fsp3) is 0.778. The van der Waals surface area contributed by atoms with E-state index in [0.29, 0.717) is 6.42 Å². The highest BCUT2D eigenvalue weighted by Gasteiger charge is 2.53. The van der Waals surface area contributed by atoms with Gasteiger partial charge in [-0.2, -0.15) is 0 Å². The van der Waals surface area contributed by atoms with Crippen LogP contribution in [-0.4, -0.2) is 23.5 Å². The van der Waals surface area contributed by atoms with Crippen LogP contribution in [0.25, 0.3) is 0 Å². The average Bonchev–Trinajstić information content (AvgIpc) is 2.41. The maximum absolute atomic E-state index is 11.4. The van der Waals surface area contributed by atoms with E-state index in [2.05, 4.69) is 5.32 Å². The standard InChI is InChI=1S/C9H13NO3/c1-6(11)9-5-3-2-4-7(9)10-8(12)13-9/h7H,2-5H2,1H3,(H,10,12). The summed E-state index contributed by atoms with van der Waals surface area (Å²) in [5.41, 5.74) is -0.838. The first kappa shape index (κ1) is 8.53. The molecule has 4 nitrogen and oxygen atoms in total. The Morgan fingerprint density at radius 3 is 3.00 bits per heavy atom. The number of carbonyl (C=O) groups excluding carboxylic acids is 2. The number of nitrogens with one attached hydrogen (secondary N) is 1. The van der Waals surface area contributed by atoms with Crippen molar-refractivity contribution in [2.75, 3.05) is 0 Å². The van der Waals surface area contributed by atoms with Crippen molar-refractivity contribution in [3.05, 3.63) is 0 Å². The molecule has 0 bridgehead atoms. The van der Waals surface area contributed by atoms with Crippen molar-refractivity contribution in [2.24, 2.45) is 0 Å². The third-order valence-electron chi connectivity index (χ3n) is 3.02. The maximum atomic E-state index is 11.4. The van der Waals surface area contributed by atoms with Crippen molar-refractivity contribution >= 4 is 11.9 Å². The highest BCUT2D eigenvalue weighted by Crippen LogP contribution is 2.36. The monoisotopic (exact) mass is 183 g/mol. The lowest BCUT2D eigenvalue weighted by Crippen LogP contribution is -2.51. The molecule has 0 aromatic carbocycles. The van der Waals surface area contributed by atoms with E-state index in [0.717, 1.165) is 19.3 Å². The molecule has 1 aliphatic heterocycles. The number of carbonyl (C=O) groups is 2. The summed E-state index contributed by atoms with van der Waals surface area (Å²) in [5, 5.41) is 2.70. The largest absolute Gasteiger partial charge is 0.433 e. The van der Waals surface area contributed by atoms with Gasteiger partial charge >= 0.3 is 6.09 Å². The molecule has 2 rings (SSSR count). The number of rotatable bonds is 1. The minimum atomic E-state index is -0.838. The van der Waals surface area contributed by atoms with Crippen molar-refractivity contribution in [1.29, 1.82) is 0 Å². The van der Waals surface area contributed by atoms with Gasteiger partial charge in [0.1, 0.15) is 0 Å². The van der Waals surface area contributed by atoms with E-state index in [1.807, 2.05) is 0 Å². The quantitative estimate of drug-likeness (QED) is 0.659. The lowest BCUT2D eigenvalue weighted by Gasteiger charge is -2.33. The molecule has 2 aliphatic rings. The first-order valence-corrected chi connectivity index (χ1v) is 4.66. The molecular weight excluding hydrogens is 170 g/mol. The molecule has 13 heavy (non-hydrogen) atoms. The van der Waals surface area contributed by atoms with Crippen molar-refractivity contribution in [3.8, 4) is 0 Å². The summed E-state index contributed by atoms with van der Waals surface area (Å²) in [5.74, 6) is -0.0319. The molecule has 72 valence electrons. The first-order valence-electron chi connectivity index (χ1n) is 4.66. The summed E-state index contributed by atoms with van der Waals surface area (Å²) in [4.78, 5) is 22.5. The number of amides is 1. The minimum absolute atomic E-state index is 0.0319. The van der Waals surface area contributed by atoms with Gasteiger partial charge in [0.2, 0.25) is 0 Å². The summed E-state index contributed by atoms with van der Waals surface area (Å²) >= 11 is 0. The maximum Gasteiger partial charge on any atom is 0.408 e. The molecular formula is C9H13NO3. The molecule has 1 N–H and O–H groups in total. The van der Waals surface area contributed by atoms with Gasteiger partial charge in [-0.25, -0.2) is 4.79 Å². The van der Waals surface area contributed by atoms with Gasteiger partial charge in [-0.1, -0.05) is 6.42 Å². The Bertz CT molecular complexity index is 264. The zero-order chi connectivity index (χ0) is 9.47. The molecule has 2 atom stereocenters. The van der Waals surface area contributed by atoms with E-state index in [1.165, 1.54) is 6.92 Å². The van der Waals surface area contributed by atoms with Crippen molar-refractivity contribution in [2.45, 2.75) is 44.2 Å². The number of fused-ring (bicyclic) bond motifs is 1. The highest BCUT2D eigenvalue weighted by molar-refractivity contribution is 5.91. The van der Waals surface area contributed by atoms with Crippen LogP contribution in [0.5, 0.6) is 0 Å². The average molecular weight is 183 g/mol. The predicted octanol–water partition coefficient (Wildman–Crippen LogP) is 0.997. The Labute approximate surface area is 76.6 Å². The normalized spacial score (nSPS) is 37.6. The highest BCUT2D eigenvalue weighted by atomic mass is 16.6. The van der Waals surface area contributed by atoms with Crippen LogP contribution in [0, 0.1) is 0 Å². The zero-order valence-electron chi connectivity index (χ0n) is 7.63. The molecule has 1 aliphatic carbocycles. The van der Waals surface area contributed by atoms with Crippen molar-refractivity contribution in [1.82, 2.24) is 5.32 Å². The van der Waals surface area contributed by atoms with E-state index in [4.69, 9.17) is 4.74 Å². The second kappa shape index (κ2) is 2.72. The number of ether oxygens (including phenoxy) is 1. The fourth-order valence-electron chi connectivity index (χ4n) is 2.28. The van der Waals surface area contributed by atoms with Gasteiger partial charge in [-0.15, -0.1) is 0 Å². The summed E-state index contributed by atoms with van der Waals surface area (Å²) in [6.07, 6.45) is 3.10. The Morgan fingerprint density at radius 1 is 1.62 bits per heavy atom. The van der Waals surface area contributed by atoms with E-state index in [9.17, 15) is 9.59 Å². The predicted molar refractivity (Wildman–Crippen MR) is 45.3 cm³/mol. The molecule has 0 aromatic rings. The van der Waals surface area contributed by atoms with Gasteiger partial charge in [0, 0.05) is 0 Å². The number of hydrogen-bond donors (Lipinski definition) is 1. The van der Waals surface area contributed by atoms with Crippen LogP contribution >= 0.6 is 0 Å². The molecule has 1 amide bonds. The topological polar surface area (TPSA) is 55.4 Å². The van der Waals surface area contributed by atoms with E-state index in [1.54, 1.807) is 0 Å². The van der Waals surface area contributed by atoms with Crippen LogP contribution in [0.3, 0.4) is 0 Å². The molecule has 0 radical (unpaired) electrons. The summed E-state index contributed by atoms with van der Waals surface area (Å²) < 4.78 is 5.11. The second-order valence-electron chi connectivity index (χ2n) is 3.78. The van der Waals surface area contributed by atoms with Crippen LogP contribution in [-0.2, 0) is 9.53 Å². The van der Waals surface area contributed by atoms with Crippen molar-refractivity contribution in [3.63, 3.8) is 0 Å². The molecule has 4 heteroatoms. The molecule has 0 spiro atoms. The van der Waals surface area contributed by atoms with Crippen LogP contribution in [0.15, 0.2) is 0 Å². The van der Waals surface area contributed by atoms with Crippen LogP contribution in [0.1, 0.15) is 32.6 Å². The van der Waals surface area contributed by atoms with Gasteiger partial charge in [0.25, 0.3) is 0 Å². The van der Waals surface area contributed by atoms with E-state index in [-0.39, 0.29) is 11.8 Å². The lowest BCUT2D eigenvalue weighted by molar-refractivity contribution is -0.136. The Kier molecular flexibility index (Phi) is 1.78. The molecule has 1 saturated carbocycles. The van der Waals surface area contributed by atoms with E-state index >= 15 is 0 Å². The van der Waals surface area contributed by atoms with Gasteiger partial charge in [-0.05, 0) is 26.2 Å². The zero-order valence-corrected chi connectivity index (χ0v) is 7.63. The van der Waals surface area contributed by atoms with Gasteiger partial charge in [0.15, 0.2) is 11.4 Å². The summed E-state index contributed by atoms with van der Waals surface area (Å²) in [6.45, 7) is 1.50. The Morgan fingerprint density at radius 2 is 2.38 bits per heavy atom. The number of Topliss-reactive ketones (excluding diaryl/α,β-unsaturated/α-hetero) is 1. The molecule has 0 aromatic heterocycles. The van der Waals surface area contributed by atoms with Crippen LogP contribution in [0.2, 0.25) is 0 Å². The molecule has 2 fully saturated rings. The van der Waals surface area contributed by atoms with E-state index < -0.39 is 11.7 Å². The van der Waals surface area contributed by atoms with Crippen LogP contribution in [0.4, 0.5) is 4.79 Å². The third-order valence-corrected chi connectivity index (χ3v) is 3.02. The SMILES string of the molecule is CC(=O)C12CCCCC1NC(=O)O2. The summed E-state index contributed by atoms with van der Waals surface area (Å²) in [7, 11) is 0. The molecule has 1 saturated heterocycles. The number of hydrogen-bond acceptors (Lipinski definition) is 3. The summed E-state index contributed by atoms with van der Waals surface area (Å²) in [6, 6.07) is -0.0914. The number of ketones is 1. The number of alkyl carbamates (subject to hydrolysis) is 1. The smallest absolute Gasteiger partial charge is 0.408 e. The van der Waals surface area contributed by atoms with Crippen LogP contribution < -0.4 is 5.32 Å². The lowest BCUT2D eigenvalue weighted by atomic mass is 9.78. The van der Waals surface area contributed by atoms with Gasteiger partial charge in [-0.3, -0.25) is 4.79 Å². The second-order valence-corrected chi connectivity index (χ2v) is 3.78. The van der Waals surface area contributed by atoms with Crippen molar-refractivity contribution < 1.29 is 14.3 Å². The van der Waals surface area contributed by atoms with Gasteiger partial charge in [0.05, 0.1) is 6.04 Å². The minimum Gasteiger partial charge on any atom is -0.433 e. The third kappa shape index (κ3) is 1.12. The first-order chi connectivity index (χ1) is 6.15.